The second-order valence-corrected chi connectivity index (χ2v) is 5.39. The van der Waals surface area contributed by atoms with Crippen molar-refractivity contribution >= 4 is 17.3 Å². The molecule has 0 aliphatic carbocycles. The average Bonchev–Trinajstić information content (AvgIpc) is 2.59. The fourth-order valence-corrected chi connectivity index (χ4v) is 2.51. The Morgan fingerprint density at radius 1 is 1.09 bits per heavy atom. The smallest absolute Gasteiger partial charge is 0.243 e. The summed E-state index contributed by atoms with van der Waals surface area (Å²) >= 11 is 0. The summed E-state index contributed by atoms with van der Waals surface area (Å²) in [4.78, 5) is 14.4. The Labute approximate surface area is 137 Å². The normalized spacial score (nSPS) is 10.3. The molecule has 0 spiro atoms. The highest BCUT2D eigenvalue weighted by Gasteiger charge is 2.12. The quantitative estimate of drug-likeness (QED) is 0.787. The first kappa shape index (κ1) is 17.0. The molecule has 4 heteroatoms. The minimum Gasteiger partial charge on any atom is -0.396 e. The van der Waals surface area contributed by atoms with Gasteiger partial charge in [-0.3, -0.25) is 4.79 Å². The number of aryl methyl sites for hydroxylation is 1. The summed E-state index contributed by atoms with van der Waals surface area (Å²) in [6.45, 7) is 3.09. The molecule has 4 nitrogen and oxygen atoms in total. The molecule has 0 unspecified atom stereocenters. The molecule has 0 aliphatic heterocycles. The van der Waals surface area contributed by atoms with Crippen LogP contribution in [0.15, 0.2) is 54.6 Å². The zero-order chi connectivity index (χ0) is 16.5. The van der Waals surface area contributed by atoms with Crippen molar-refractivity contribution in [2.75, 3.05) is 29.9 Å². The molecule has 0 radical (unpaired) electrons. The molecule has 0 fully saturated rings. The first-order valence-electron chi connectivity index (χ1n) is 8.03. The van der Waals surface area contributed by atoms with E-state index in [1.165, 1.54) is 0 Å². The number of hydrogen-bond acceptors (Lipinski definition) is 3. The van der Waals surface area contributed by atoms with Gasteiger partial charge in [-0.05, 0) is 36.6 Å². The standard InChI is InChI=1S/C19H24N2O2/c1-2-16-9-6-7-12-18(16)20-19(23)15-21(13-8-14-22)17-10-4-3-5-11-17/h3-7,9-12,22H,2,8,13-15H2,1H3,(H,20,23). The van der Waals surface area contributed by atoms with Gasteiger partial charge in [-0.1, -0.05) is 43.3 Å². The fraction of sp³-hybridized carbons (Fsp3) is 0.316. The molecule has 0 heterocycles. The first-order chi connectivity index (χ1) is 11.2. The molecule has 2 aromatic rings. The Balaban J connectivity index is 2.05. The molecule has 0 saturated heterocycles. The van der Waals surface area contributed by atoms with E-state index < -0.39 is 0 Å². The van der Waals surface area contributed by atoms with Crippen molar-refractivity contribution in [1.29, 1.82) is 0 Å². The summed E-state index contributed by atoms with van der Waals surface area (Å²) in [5.74, 6) is -0.0484. The van der Waals surface area contributed by atoms with Crippen molar-refractivity contribution in [3.05, 3.63) is 60.2 Å². The highest BCUT2D eigenvalue weighted by molar-refractivity contribution is 5.94. The summed E-state index contributed by atoms with van der Waals surface area (Å²) in [5, 5.41) is 12.1. The number of benzene rings is 2. The van der Waals surface area contributed by atoms with E-state index in [9.17, 15) is 4.79 Å². The third kappa shape index (κ3) is 5.11. The van der Waals surface area contributed by atoms with Gasteiger partial charge >= 0.3 is 0 Å². The number of carbonyl (C=O) groups excluding carboxylic acids is 1. The van der Waals surface area contributed by atoms with Gasteiger partial charge in [0.1, 0.15) is 0 Å². The van der Waals surface area contributed by atoms with E-state index in [0.29, 0.717) is 13.0 Å². The highest BCUT2D eigenvalue weighted by Crippen LogP contribution is 2.17. The number of rotatable bonds is 8. The van der Waals surface area contributed by atoms with Crippen molar-refractivity contribution in [2.45, 2.75) is 19.8 Å². The summed E-state index contributed by atoms with van der Waals surface area (Å²) in [7, 11) is 0. The van der Waals surface area contributed by atoms with E-state index in [-0.39, 0.29) is 19.1 Å². The monoisotopic (exact) mass is 312 g/mol. The fourth-order valence-electron chi connectivity index (χ4n) is 2.51. The van der Waals surface area contributed by atoms with Gasteiger partial charge in [0.15, 0.2) is 0 Å². The molecule has 0 bridgehead atoms. The minimum absolute atomic E-state index is 0.0484. The lowest BCUT2D eigenvalue weighted by atomic mass is 10.1. The van der Waals surface area contributed by atoms with Crippen LogP contribution in [0.3, 0.4) is 0 Å². The van der Waals surface area contributed by atoms with Crippen molar-refractivity contribution < 1.29 is 9.90 Å². The topological polar surface area (TPSA) is 52.6 Å². The van der Waals surface area contributed by atoms with Crippen LogP contribution in [-0.4, -0.2) is 30.7 Å². The minimum atomic E-state index is -0.0484. The van der Waals surface area contributed by atoms with Crippen molar-refractivity contribution in [3.63, 3.8) is 0 Å². The van der Waals surface area contributed by atoms with Gasteiger partial charge in [-0.15, -0.1) is 0 Å². The number of amides is 1. The van der Waals surface area contributed by atoms with Crippen LogP contribution in [0, 0.1) is 0 Å². The molecule has 0 aromatic heterocycles. The molecule has 1 amide bonds. The van der Waals surface area contributed by atoms with Crippen LogP contribution >= 0.6 is 0 Å². The van der Waals surface area contributed by atoms with E-state index in [0.717, 1.165) is 23.4 Å². The van der Waals surface area contributed by atoms with Crippen LogP contribution in [0.25, 0.3) is 0 Å². The lowest BCUT2D eigenvalue weighted by Crippen LogP contribution is -2.34. The Bertz CT molecular complexity index is 614. The number of anilines is 2. The third-order valence-corrected chi connectivity index (χ3v) is 3.71. The van der Waals surface area contributed by atoms with E-state index in [1.54, 1.807) is 0 Å². The molecule has 0 saturated carbocycles. The maximum absolute atomic E-state index is 12.4. The number of nitrogens with one attached hydrogen (secondary N) is 1. The lowest BCUT2D eigenvalue weighted by molar-refractivity contribution is -0.115. The van der Waals surface area contributed by atoms with Crippen LogP contribution in [0.4, 0.5) is 11.4 Å². The molecular weight excluding hydrogens is 288 g/mol. The highest BCUT2D eigenvalue weighted by atomic mass is 16.3. The molecule has 2 N–H and O–H groups in total. The van der Waals surface area contributed by atoms with Gasteiger partial charge in [-0.2, -0.15) is 0 Å². The molecule has 23 heavy (non-hydrogen) atoms. The summed E-state index contributed by atoms with van der Waals surface area (Å²) in [6.07, 6.45) is 1.51. The summed E-state index contributed by atoms with van der Waals surface area (Å²) in [6, 6.07) is 17.7. The number of aliphatic hydroxyl groups is 1. The van der Waals surface area contributed by atoms with Crippen LogP contribution < -0.4 is 10.2 Å². The second-order valence-electron chi connectivity index (χ2n) is 5.39. The van der Waals surface area contributed by atoms with Crippen molar-refractivity contribution in [2.24, 2.45) is 0 Å². The zero-order valence-electron chi connectivity index (χ0n) is 13.5. The maximum Gasteiger partial charge on any atom is 0.243 e. The Hall–Kier alpha value is -2.33. The number of aliphatic hydroxyl groups excluding tert-OH is 1. The van der Waals surface area contributed by atoms with E-state index in [1.807, 2.05) is 59.5 Å². The van der Waals surface area contributed by atoms with Gasteiger partial charge in [0.05, 0.1) is 6.54 Å². The molecule has 2 rings (SSSR count). The Morgan fingerprint density at radius 3 is 2.48 bits per heavy atom. The molecule has 122 valence electrons. The summed E-state index contributed by atoms with van der Waals surface area (Å²) in [5.41, 5.74) is 2.98. The zero-order valence-corrected chi connectivity index (χ0v) is 13.5. The van der Waals surface area contributed by atoms with Gasteiger partial charge in [-0.25, -0.2) is 0 Å². The van der Waals surface area contributed by atoms with Crippen LogP contribution in [0.1, 0.15) is 18.9 Å². The number of hydrogen-bond donors (Lipinski definition) is 2. The van der Waals surface area contributed by atoms with Gasteiger partial charge in [0.25, 0.3) is 0 Å². The van der Waals surface area contributed by atoms with E-state index >= 15 is 0 Å². The summed E-state index contributed by atoms with van der Waals surface area (Å²) < 4.78 is 0. The SMILES string of the molecule is CCc1ccccc1NC(=O)CN(CCCO)c1ccccc1. The number of para-hydroxylation sites is 2. The van der Waals surface area contributed by atoms with Gasteiger partial charge < -0.3 is 15.3 Å². The lowest BCUT2D eigenvalue weighted by Gasteiger charge is -2.24. The number of carbonyl (C=O) groups is 1. The van der Waals surface area contributed by atoms with Crippen LogP contribution in [0.2, 0.25) is 0 Å². The Morgan fingerprint density at radius 2 is 1.78 bits per heavy atom. The van der Waals surface area contributed by atoms with E-state index in [4.69, 9.17) is 5.11 Å². The Kier molecular flexibility index (Phi) is 6.63. The third-order valence-electron chi connectivity index (χ3n) is 3.71. The van der Waals surface area contributed by atoms with Crippen molar-refractivity contribution in [3.8, 4) is 0 Å². The van der Waals surface area contributed by atoms with Gasteiger partial charge in [0, 0.05) is 24.5 Å². The molecular formula is C19H24N2O2. The largest absolute Gasteiger partial charge is 0.396 e. The van der Waals surface area contributed by atoms with Crippen LogP contribution in [-0.2, 0) is 11.2 Å². The first-order valence-corrected chi connectivity index (χ1v) is 8.03. The van der Waals surface area contributed by atoms with Gasteiger partial charge in [0.2, 0.25) is 5.91 Å². The molecule has 0 atom stereocenters. The van der Waals surface area contributed by atoms with Crippen LogP contribution in [0.5, 0.6) is 0 Å². The van der Waals surface area contributed by atoms with E-state index in [2.05, 4.69) is 12.2 Å². The predicted octanol–water partition coefficient (Wildman–Crippen LogP) is 3.08. The average molecular weight is 312 g/mol. The second kappa shape index (κ2) is 8.96. The molecule has 0 aliphatic rings. The maximum atomic E-state index is 12.4. The predicted molar refractivity (Wildman–Crippen MR) is 94.8 cm³/mol. The molecule has 2 aromatic carbocycles. The number of nitrogens with zero attached hydrogens (tertiary/aromatic N) is 1. The van der Waals surface area contributed by atoms with Crippen molar-refractivity contribution in [1.82, 2.24) is 0 Å².